The number of amides is 1. The smallest absolute Gasteiger partial charge is 0.253 e. The van der Waals surface area contributed by atoms with Crippen LogP contribution in [0, 0.1) is 6.92 Å². The van der Waals surface area contributed by atoms with Crippen LogP contribution in [-0.2, 0) is 31.7 Å². The maximum atomic E-state index is 13.0. The van der Waals surface area contributed by atoms with Gasteiger partial charge in [-0.1, -0.05) is 17.7 Å². The van der Waals surface area contributed by atoms with Gasteiger partial charge in [-0.05, 0) is 31.9 Å². The third-order valence-electron chi connectivity index (χ3n) is 5.76. The summed E-state index contributed by atoms with van der Waals surface area (Å²) in [7, 11) is -0.152. The first-order valence-corrected chi connectivity index (χ1v) is 11.1. The Morgan fingerprint density at radius 2 is 1.86 bits per heavy atom. The van der Waals surface area contributed by atoms with Crippen molar-refractivity contribution in [2.24, 2.45) is 0 Å². The highest BCUT2D eigenvalue weighted by Crippen LogP contribution is 2.41. The zero-order chi connectivity index (χ0) is 20.8. The molecule has 0 bridgehead atoms. The predicted molar refractivity (Wildman–Crippen MR) is 107 cm³/mol. The number of hydrogen-bond donors (Lipinski definition) is 0. The summed E-state index contributed by atoms with van der Waals surface area (Å²) in [6, 6.07) is 6.89. The number of hydrogen-bond acceptors (Lipinski definition) is 5. The van der Waals surface area contributed by atoms with E-state index in [-0.39, 0.29) is 5.91 Å². The van der Waals surface area contributed by atoms with E-state index in [0.717, 1.165) is 11.4 Å². The summed E-state index contributed by atoms with van der Waals surface area (Å²) < 4.78 is 35.8. The molecule has 2 aromatic rings. The molecule has 1 amide bonds. The minimum Gasteiger partial charge on any atom is -0.352 e. The van der Waals surface area contributed by atoms with Gasteiger partial charge in [0.2, 0.25) is 10.0 Å². The molecule has 0 unspecified atom stereocenters. The fourth-order valence-corrected chi connectivity index (χ4v) is 5.54. The Kier molecular flexibility index (Phi) is 5.00. The van der Waals surface area contributed by atoms with Gasteiger partial charge in [0, 0.05) is 39.6 Å². The van der Waals surface area contributed by atoms with E-state index in [9.17, 15) is 13.2 Å². The molecule has 9 heteroatoms. The Morgan fingerprint density at radius 3 is 2.48 bits per heavy atom. The van der Waals surface area contributed by atoms with Gasteiger partial charge >= 0.3 is 0 Å². The highest BCUT2D eigenvalue weighted by atomic mass is 32.2. The van der Waals surface area contributed by atoms with E-state index in [4.69, 9.17) is 4.74 Å². The van der Waals surface area contributed by atoms with Crippen LogP contribution in [0.2, 0.25) is 0 Å². The van der Waals surface area contributed by atoms with Gasteiger partial charge < -0.3 is 14.2 Å². The standard InChI is InChI=1S/C20H26N4O4S/c1-15-4-6-16(7-5-15)29(26,27)24-11-8-20(9-12-24)19-21-10-13-23(19)14-17(28-20)18(25)22(2)3/h4-7,10,13,17H,8-9,11-12,14H2,1-3H3/t17-/m0/s1. The van der Waals surface area contributed by atoms with E-state index in [0.29, 0.717) is 37.4 Å². The van der Waals surface area contributed by atoms with Gasteiger partial charge in [-0.15, -0.1) is 0 Å². The summed E-state index contributed by atoms with van der Waals surface area (Å²) in [4.78, 5) is 18.8. The van der Waals surface area contributed by atoms with E-state index in [1.165, 1.54) is 9.21 Å². The second-order valence-electron chi connectivity index (χ2n) is 7.95. The zero-order valence-electron chi connectivity index (χ0n) is 16.9. The number of fused-ring (bicyclic) bond motifs is 2. The fourth-order valence-electron chi connectivity index (χ4n) is 4.10. The number of likely N-dealkylation sites (N-methyl/N-ethyl adjacent to an activating group) is 1. The number of sulfonamides is 1. The number of carbonyl (C=O) groups is 1. The molecule has 0 aliphatic carbocycles. The number of imidazole rings is 1. The third kappa shape index (κ3) is 3.47. The van der Waals surface area contributed by atoms with Crippen molar-refractivity contribution < 1.29 is 17.9 Å². The van der Waals surface area contributed by atoms with Gasteiger partial charge in [-0.25, -0.2) is 13.4 Å². The van der Waals surface area contributed by atoms with Gasteiger partial charge in [0.15, 0.2) is 6.10 Å². The molecule has 0 saturated carbocycles. The van der Waals surface area contributed by atoms with Crippen molar-refractivity contribution in [2.75, 3.05) is 27.2 Å². The third-order valence-corrected chi connectivity index (χ3v) is 7.67. The monoisotopic (exact) mass is 418 g/mol. The summed E-state index contributed by atoms with van der Waals surface area (Å²) in [6.07, 6.45) is 3.86. The van der Waals surface area contributed by atoms with E-state index in [1.807, 2.05) is 17.7 Å². The van der Waals surface area contributed by atoms with Crippen LogP contribution in [0.3, 0.4) is 0 Å². The molecule has 1 spiro atoms. The molecule has 2 aliphatic heterocycles. The summed E-state index contributed by atoms with van der Waals surface area (Å²) in [5, 5.41) is 0. The molecular weight excluding hydrogens is 392 g/mol. The Bertz CT molecular complexity index is 1010. The molecule has 1 fully saturated rings. The second-order valence-corrected chi connectivity index (χ2v) is 9.89. The van der Waals surface area contributed by atoms with Gasteiger partial charge in [-0.2, -0.15) is 4.31 Å². The summed E-state index contributed by atoms with van der Waals surface area (Å²) in [5.41, 5.74) is 0.262. The molecule has 156 valence electrons. The van der Waals surface area contributed by atoms with Crippen molar-refractivity contribution in [3.05, 3.63) is 48.0 Å². The summed E-state index contributed by atoms with van der Waals surface area (Å²) in [6.45, 7) is 2.96. The number of carbonyl (C=O) groups excluding carboxylic acids is 1. The number of aromatic nitrogens is 2. The van der Waals surface area contributed by atoms with Crippen molar-refractivity contribution in [3.8, 4) is 0 Å². The number of piperidine rings is 1. The van der Waals surface area contributed by atoms with Crippen molar-refractivity contribution in [3.63, 3.8) is 0 Å². The number of ether oxygens (including phenoxy) is 1. The average molecular weight is 419 g/mol. The Hall–Kier alpha value is -2.23. The number of benzene rings is 1. The normalized spacial score (nSPS) is 21.7. The lowest BCUT2D eigenvalue weighted by Gasteiger charge is -2.45. The number of aryl methyl sites for hydroxylation is 1. The van der Waals surface area contributed by atoms with Gasteiger partial charge in [0.1, 0.15) is 11.4 Å². The lowest BCUT2D eigenvalue weighted by atomic mass is 9.89. The molecule has 3 heterocycles. The summed E-state index contributed by atoms with van der Waals surface area (Å²) >= 11 is 0. The Labute approximate surface area is 171 Å². The molecule has 2 aliphatic rings. The van der Waals surface area contributed by atoms with E-state index in [1.54, 1.807) is 44.6 Å². The Balaban J connectivity index is 1.57. The first kappa shape index (κ1) is 20.1. The molecule has 0 radical (unpaired) electrons. The first-order chi connectivity index (χ1) is 13.7. The minimum absolute atomic E-state index is 0.0987. The van der Waals surface area contributed by atoms with Gasteiger partial charge in [0.05, 0.1) is 11.4 Å². The van der Waals surface area contributed by atoms with E-state index >= 15 is 0 Å². The lowest BCUT2D eigenvalue weighted by Crippen LogP contribution is -2.54. The van der Waals surface area contributed by atoms with Crippen molar-refractivity contribution in [1.29, 1.82) is 0 Å². The molecule has 0 N–H and O–H groups in total. The maximum Gasteiger partial charge on any atom is 0.253 e. The average Bonchev–Trinajstić information content (AvgIpc) is 3.18. The molecule has 1 saturated heterocycles. The molecule has 29 heavy (non-hydrogen) atoms. The van der Waals surface area contributed by atoms with Crippen LogP contribution < -0.4 is 0 Å². The van der Waals surface area contributed by atoms with Crippen LogP contribution >= 0.6 is 0 Å². The number of rotatable bonds is 3. The van der Waals surface area contributed by atoms with Crippen LogP contribution in [0.1, 0.15) is 24.2 Å². The summed E-state index contributed by atoms with van der Waals surface area (Å²) in [5.74, 6) is 0.672. The molecular formula is C20H26N4O4S. The zero-order valence-corrected chi connectivity index (χ0v) is 17.7. The van der Waals surface area contributed by atoms with Crippen LogP contribution in [0.25, 0.3) is 0 Å². The quantitative estimate of drug-likeness (QED) is 0.751. The van der Waals surface area contributed by atoms with Crippen LogP contribution in [0.4, 0.5) is 0 Å². The SMILES string of the molecule is Cc1ccc(S(=O)(=O)N2CCC3(CC2)O[C@H](C(=O)N(C)C)Cn2ccnc23)cc1. The van der Waals surface area contributed by atoms with Crippen LogP contribution in [0.5, 0.6) is 0 Å². The van der Waals surface area contributed by atoms with E-state index in [2.05, 4.69) is 4.98 Å². The van der Waals surface area contributed by atoms with Gasteiger partial charge in [0.25, 0.3) is 5.91 Å². The minimum atomic E-state index is -3.57. The molecule has 4 rings (SSSR count). The highest BCUT2D eigenvalue weighted by molar-refractivity contribution is 7.89. The Morgan fingerprint density at radius 1 is 1.21 bits per heavy atom. The fraction of sp³-hybridized carbons (Fsp3) is 0.500. The van der Waals surface area contributed by atoms with Crippen molar-refractivity contribution in [1.82, 2.24) is 18.8 Å². The number of nitrogens with zero attached hydrogens (tertiary/aromatic N) is 4. The predicted octanol–water partition coefficient (Wildman–Crippen LogP) is 1.36. The largest absolute Gasteiger partial charge is 0.352 e. The highest BCUT2D eigenvalue weighted by Gasteiger charge is 2.48. The van der Waals surface area contributed by atoms with Crippen LogP contribution in [0.15, 0.2) is 41.6 Å². The molecule has 1 atom stereocenters. The van der Waals surface area contributed by atoms with E-state index < -0.39 is 21.7 Å². The maximum absolute atomic E-state index is 13.0. The first-order valence-electron chi connectivity index (χ1n) is 9.70. The van der Waals surface area contributed by atoms with Gasteiger partial charge in [-0.3, -0.25) is 4.79 Å². The van der Waals surface area contributed by atoms with Crippen molar-refractivity contribution in [2.45, 2.75) is 42.9 Å². The molecule has 1 aromatic carbocycles. The van der Waals surface area contributed by atoms with Crippen LogP contribution in [-0.4, -0.2) is 66.4 Å². The molecule has 1 aromatic heterocycles. The second kappa shape index (κ2) is 7.23. The van der Waals surface area contributed by atoms with Crippen molar-refractivity contribution >= 4 is 15.9 Å². The topological polar surface area (TPSA) is 84.7 Å². The lowest BCUT2D eigenvalue weighted by molar-refractivity contribution is -0.177. The molecule has 8 nitrogen and oxygen atoms in total.